The van der Waals surface area contributed by atoms with Crippen molar-refractivity contribution < 1.29 is 4.39 Å². The summed E-state index contributed by atoms with van der Waals surface area (Å²) in [5.74, 6) is 1.11. The lowest BCUT2D eigenvalue weighted by atomic mass is 9.69. The Hall–Kier alpha value is -0.890. The van der Waals surface area contributed by atoms with Crippen LogP contribution in [0.3, 0.4) is 0 Å². The fourth-order valence-electron chi connectivity index (χ4n) is 3.37. The first-order valence-corrected chi connectivity index (χ1v) is 7.50. The van der Waals surface area contributed by atoms with Gasteiger partial charge in [-0.3, -0.25) is 0 Å². The van der Waals surface area contributed by atoms with E-state index in [2.05, 4.69) is 13.8 Å². The van der Waals surface area contributed by atoms with E-state index < -0.39 is 5.54 Å². The third kappa shape index (κ3) is 3.00. The van der Waals surface area contributed by atoms with E-state index in [1.54, 1.807) is 13.0 Å². The summed E-state index contributed by atoms with van der Waals surface area (Å²) in [7, 11) is 0. The van der Waals surface area contributed by atoms with E-state index >= 15 is 0 Å². The highest BCUT2D eigenvalue weighted by molar-refractivity contribution is 5.29. The van der Waals surface area contributed by atoms with Gasteiger partial charge in [0.15, 0.2) is 0 Å². The fourth-order valence-corrected chi connectivity index (χ4v) is 3.37. The summed E-state index contributed by atoms with van der Waals surface area (Å²) >= 11 is 0. The van der Waals surface area contributed by atoms with Crippen molar-refractivity contribution in [3.8, 4) is 0 Å². The minimum atomic E-state index is -0.414. The quantitative estimate of drug-likeness (QED) is 0.852. The van der Waals surface area contributed by atoms with Crippen LogP contribution in [-0.2, 0) is 5.54 Å². The third-order valence-corrected chi connectivity index (χ3v) is 5.00. The number of halogens is 1. The predicted octanol–water partition coefficient (Wildman–Crippen LogP) is 4.52. The van der Waals surface area contributed by atoms with E-state index in [9.17, 15) is 4.39 Å². The molecular formula is C17H26FN. The van der Waals surface area contributed by atoms with Crippen molar-refractivity contribution in [1.29, 1.82) is 0 Å². The van der Waals surface area contributed by atoms with Gasteiger partial charge >= 0.3 is 0 Å². The fraction of sp³-hybridized carbons (Fsp3) is 0.647. The maximum Gasteiger partial charge on any atom is 0.126 e. The van der Waals surface area contributed by atoms with Gasteiger partial charge in [0.1, 0.15) is 5.82 Å². The molecule has 0 heterocycles. The highest BCUT2D eigenvalue weighted by Crippen LogP contribution is 2.40. The number of aryl methyl sites for hydroxylation is 1. The van der Waals surface area contributed by atoms with E-state index in [1.807, 2.05) is 12.1 Å². The molecule has 2 heteroatoms. The monoisotopic (exact) mass is 263 g/mol. The molecule has 3 atom stereocenters. The molecule has 3 unspecified atom stereocenters. The number of rotatable bonds is 3. The molecule has 1 saturated carbocycles. The molecule has 0 spiro atoms. The van der Waals surface area contributed by atoms with Crippen molar-refractivity contribution in [1.82, 2.24) is 0 Å². The Morgan fingerprint density at radius 1 is 1.37 bits per heavy atom. The molecule has 0 saturated heterocycles. The molecule has 0 aliphatic heterocycles. The molecule has 106 valence electrons. The van der Waals surface area contributed by atoms with Gasteiger partial charge in [0, 0.05) is 5.54 Å². The first-order chi connectivity index (χ1) is 8.95. The molecule has 0 aromatic heterocycles. The van der Waals surface area contributed by atoms with Crippen LogP contribution in [0.2, 0.25) is 0 Å². The first kappa shape index (κ1) is 14.5. The first-order valence-electron chi connectivity index (χ1n) is 7.50. The van der Waals surface area contributed by atoms with Crippen molar-refractivity contribution in [3.05, 3.63) is 35.1 Å². The molecule has 0 bridgehead atoms. The van der Waals surface area contributed by atoms with Crippen LogP contribution >= 0.6 is 0 Å². The number of hydrogen-bond acceptors (Lipinski definition) is 1. The van der Waals surface area contributed by atoms with Gasteiger partial charge in [-0.05, 0) is 55.7 Å². The molecule has 1 aliphatic carbocycles. The summed E-state index contributed by atoms with van der Waals surface area (Å²) in [4.78, 5) is 0. The third-order valence-electron chi connectivity index (χ3n) is 5.00. The van der Waals surface area contributed by atoms with Crippen molar-refractivity contribution in [2.45, 2.75) is 58.4 Å². The van der Waals surface area contributed by atoms with Gasteiger partial charge in [-0.1, -0.05) is 38.3 Å². The maximum absolute atomic E-state index is 13.8. The van der Waals surface area contributed by atoms with Gasteiger partial charge < -0.3 is 5.73 Å². The minimum absolute atomic E-state index is 0.142. The van der Waals surface area contributed by atoms with E-state index in [0.717, 1.165) is 11.5 Å². The van der Waals surface area contributed by atoms with Gasteiger partial charge in [-0.15, -0.1) is 0 Å². The lowest BCUT2D eigenvalue weighted by Gasteiger charge is -2.40. The molecular weight excluding hydrogens is 237 g/mol. The average Bonchev–Trinajstić information content (AvgIpc) is 2.41. The summed E-state index contributed by atoms with van der Waals surface area (Å²) in [6.45, 7) is 6.12. The van der Waals surface area contributed by atoms with Crippen LogP contribution < -0.4 is 5.73 Å². The molecule has 0 amide bonds. The molecule has 1 aromatic carbocycles. The van der Waals surface area contributed by atoms with Crippen molar-refractivity contribution >= 4 is 0 Å². The normalized spacial score (nSPS) is 27.0. The standard InChI is InChI=1S/C17H26FN/c1-4-13-6-5-7-14(10-13)17(3,19)15-9-8-12(2)16(18)11-15/h8-9,11,13-14H,4-7,10,19H2,1-3H3. The number of nitrogens with two attached hydrogens (primary N) is 1. The molecule has 1 fully saturated rings. The highest BCUT2D eigenvalue weighted by Gasteiger charge is 2.35. The lowest BCUT2D eigenvalue weighted by molar-refractivity contribution is 0.173. The van der Waals surface area contributed by atoms with Crippen molar-refractivity contribution in [3.63, 3.8) is 0 Å². The Morgan fingerprint density at radius 3 is 2.74 bits per heavy atom. The second kappa shape index (κ2) is 5.62. The molecule has 0 radical (unpaired) electrons. The second-order valence-corrected chi connectivity index (χ2v) is 6.38. The van der Waals surface area contributed by atoms with Crippen LogP contribution in [0.25, 0.3) is 0 Å². The van der Waals surface area contributed by atoms with Crippen LogP contribution in [0.4, 0.5) is 4.39 Å². The van der Waals surface area contributed by atoms with Crippen LogP contribution in [-0.4, -0.2) is 0 Å². The summed E-state index contributed by atoms with van der Waals surface area (Å²) in [6.07, 6.45) is 6.16. The topological polar surface area (TPSA) is 26.0 Å². The Morgan fingerprint density at radius 2 is 2.11 bits per heavy atom. The molecule has 2 N–H and O–H groups in total. The van der Waals surface area contributed by atoms with Crippen LogP contribution in [0.15, 0.2) is 18.2 Å². The van der Waals surface area contributed by atoms with E-state index in [4.69, 9.17) is 5.73 Å². The van der Waals surface area contributed by atoms with E-state index in [-0.39, 0.29) is 5.82 Å². The van der Waals surface area contributed by atoms with Crippen LogP contribution in [0.1, 0.15) is 57.1 Å². The number of benzene rings is 1. The number of hydrogen-bond donors (Lipinski definition) is 1. The largest absolute Gasteiger partial charge is 0.321 e. The van der Waals surface area contributed by atoms with Crippen molar-refractivity contribution in [2.75, 3.05) is 0 Å². The summed E-state index contributed by atoms with van der Waals surface area (Å²) in [5, 5.41) is 0. The Labute approximate surface area is 116 Å². The highest BCUT2D eigenvalue weighted by atomic mass is 19.1. The van der Waals surface area contributed by atoms with E-state index in [1.165, 1.54) is 32.1 Å². The Balaban J connectivity index is 2.22. The van der Waals surface area contributed by atoms with Gasteiger partial charge in [0.2, 0.25) is 0 Å². The Bertz CT molecular complexity index is 439. The lowest BCUT2D eigenvalue weighted by Crippen LogP contribution is -2.43. The van der Waals surface area contributed by atoms with E-state index in [0.29, 0.717) is 11.5 Å². The van der Waals surface area contributed by atoms with Gasteiger partial charge in [-0.25, -0.2) is 4.39 Å². The molecule has 1 aromatic rings. The second-order valence-electron chi connectivity index (χ2n) is 6.38. The van der Waals surface area contributed by atoms with Gasteiger partial charge in [0.25, 0.3) is 0 Å². The smallest absolute Gasteiger partial charge is 0.126 e. The SMILES string of the molecule is CCC1CCCC(C(C)(N)c2ccc(C)c(F)c2)C1. The summed E-state index contributed by atoms with van der Waals surface area (Å²) in [6, 6.07) is 5.47. The Kier molecular flexibility index (Phi) is 4.29. The zero-order chi connectivity index (χ0) is 14.0. The minimum Gasteiger partial charge on any atom is -0.321 e. The van der Waals surface area contributed by atoms with Crippen LogP contribution in [0.5, 0.6) is 0 Å². The summed E-state index contributed by atoms with van der Waals surface area (Å²) < 4.78 is 13.8. The van der Waals surface area contributed by atoms with Crippen molar-refractivity contribution in [2.24, 2.45) is 17.6 Å². The van der Waals surface area contributed by atoms with Gasteiger partial charge in [0.05, 0.1) is 0 Å². The van der Waals surface area contributed by atoms with Crippen LogP contribution in [0, 0.1) is 24.6 Å². The maximum atomic E-state index is 13.8. The van der Waals surface area contributed by atoms with Gasteiger partial charge in [-0.2, -0.15) is 0 Å². The zero-order valence-electron chi connectivity index (χ0n) is 12.4. The molecule has 2 rings (SSSR count). The molecule has 1 nitrogen and oxygen atoms in total. The predicted molar refractivity (Wildman–Crippen MR) is 78.4 cm³/mol. The summed E-state index contributed by atoms with van der Waals surface area (Å²) in [5.41, 5.74) is 7.80. The zero-order valence-corrected chi connectivity index (χ0v) is 12.4. The molecule has 1 aliphatic rings. The average molecular weight is 263 g/mol. The molecule has 19 heavy (non-hydrogen) atoms.